The lowest BCUT2D eigenvalue weighted by molar-refractivity contribution is -0.125. The predicted molar refractivity (Wildman–Crippen MR) is 122 cm³/mol. The molecule has 1 heterocycles. The van der Waals surface area contributed by atoms with Crippen LogP contribution < -0.4 is 15.4 Å². The smallest absolute Gasteiger partial charge is 0.240 e. The Kier molecular flexibility index (Phi) is 6.60. The summed E-state index contributed by atoms with van der Waals surface area (Å²) >= 11 is 11.9. The number of halogens is 2. The number of piperidine rings is 1. The van der Waals surface area contributed by atoms with Gasteiger partial charge in [-0.1, -0.05) is 41.4 Å². The Morgan fingerprint density at radius 1 is 1.06 bits per heavy atom. The van der Waals surface area contributed by atoms with Crippen molar-refractivity contribution in [3.05, 3.63) is 64.1 Å². The predicted octanol–water partition coefficient (Wildman–Crippen LogP) is 3.10. The molecule has 2 atom stereocenters. The van der Waals surface area contributed by atoms with E-state index >= 15 is 0 Å². The third kappa shape index (κ3) is 5.41. The van der Waals surface area contributed by atoms with Gasteiger partial charge in [0.25, 0.3) is 0 Å². The standard InChI is InChI=1S/C22H25Cl2N3O3S/c23-17-6-4-16(5-7-17)22(8-9-22)14-26-21(28)15-10-19(13-25-12-15)27-31(29,30)20-3-1-2-18(24)11-20/h1-7,11,15,19,25,27H,8-10,12-14H2,(H,26,28)/t15-,19+/m0/s1. The van der Waals surface area contributed by atoms with Crippen LogP contribution in [0.1, 0.15) is 24.8 Å². The van der Waals surface area contributed by atoms with E-state index in [0.717, 1.165) is 12.8 Å². The summed E-state index contributed by atoms with van der Waals surface area (Å²) in [6, 6.07) is 13.5. The number of sulfonamides is 1. The molecule has 9 heteroatoms. The van der Waals surface area contributed by atoms with E-state index in [1.807, 2.05) is 24.3 Å². The van der Waals surface area contributed by atoms with Crippen molar-refractivity contribution in [3.8, 4) is 0 Å². The van der Waals surface area contributed by atoms with Crippen molar-refractivity contribution < 1.29 is 13.2 Å². The van der Waals surface area contributed by atoms with Crippen LogP contribution in [-0.4, -0.2) is 40.0 Å². The molecule has 2 fully saturated rings. The topological polar surface area (TPSA) is 87.3 Å². The average Bonchev–Trinajstić information content (AvgIpc) is 3.53. The molecule has 6 nitrogen and oxygen atoms in total. The first-order valence-electron chi connectivity index (χ1n) is 10.3. The third-order valence-corrected chi connectivity index (χ3v) is 8.07. The van der Waals surface area contributed by atoms with E-state index in [0.29, 0.717) is 36.1 Å². The number of carbonyl (C=O) groups excluding carboxylic acids is 1. The van der Waals surface area contributed by atoms with Gasteiger partial charge in [0.15, 0.2) is 0 Å². The number of nitrogens with one attached hydrogen (secondary N) is 3. The normalized spacial score (nSPS) is 22.6. The highest BCUT2D eigenvalue weighted by atomic mass is 35.5. The molecule has 0 bridgehead atoms. The highest BCUT2D eigenvalue weighted by Crippen LogP contribution is 2.47. The van der Waals surface area contributed by atoms with E-state index in [1.54, 1.807) is 12.1 Å². The highest BCUT2D eigenvalue weighted by Gasteiger charge is 2.44. The van der Waals surface area contributed by atoms with Gasteiger partial charge in [0.2, 0.25) is 15.9 Å². The van der Waals surface area contributed by atoms with Crippen molar-refractivity contribution in [3.63, 3.8) is 0 Å². The molecule has 2 aromatic carbocycles. The number of amides is 1. The molecule has 1 amide bonds. The minimum absolute atomic E-state index is 0.0179. The molecule has 4 rings (SSSR count). The van der Waals surface area contributed by atoms with Crippen LogP contribution in [0.5, 0.6) is 0 Å². The summed E-state index contributed by atoms with van der Waals surface area (Å²) in [4.78, 5) is 12.9. The lowest BCUT2D eigenvalue weighted by Crippen LogP contribution is -2.52. The first-order chi connectivity index (χ1) is 14.8. The van der Waals surface area contributed by atoms with Gasteiger partial charge in [0.1, 0.15) is 0 Å². The van der Waals surface area contributed by atoms with Crippen molar-refractivity contribution in [2.45, 2.75) is 35.6 Å². The number of hydrogen-bond donors (Lipinski definition) is 3. The Morgan fingerprint density at radius 2 is 1.81 bits per heavy atom. The van der Waals surface area contributed by atoms with Crippen molar-refractivity contribution in [1.82, 2.24) is 15.4 Å². The number of benzene rings is 2. The maximum Gasteiger partial charge on any atom is 0.240 e. The van der Waals surface area contributed by atoms with Crippen molar-refractivity contribution >= 4 is 39.1 Å². The van der Waals surface area contributed by atoms with Crippen LogP contribution in [0.2, 0.25) is 10.0 Å². The van der Waals surface area contributed by atoms with E-state index in [1.165, 1.54) is 17.7 Å². The summed E-state index contributed by atoms with van der Waals surface area (Å²) in [6.07, 6.45) is 2.49. The first kappa shape index (κ1) is 22.6. The number of rotatable bonds is 7. The van der Waals surface area contributed by atoms with Crippen molar-refractivity contribution in [2.75, 3.05) is 19.6 Å². The Balaban J connectivity index is 1.34. The van der Waals surface area contributed by atoms with Crippen LogP contribution in [0.15, 0.2) is 53.4 Å². The molecule has 2 aromatic rings. The van der Waals surface area contributed by atoms with Gasteiger partial charge in [-0.15, -0.1) is 0 Å². The maximum absolute atomic E-state index is 12.8. The van der Waals surface area contributed by atoms with Crippen LogP contribution in [-0.2, 0) is 20.2 Å². The Hall–Kier alpha value is -1.64. The van der Waals surface area contributed by atoms with E-state index in [-0.39, 0.29) is 28.2 Å². The van der Waals surface area contributed by atoms with Crippen LogP contribution >= 0.6 is 23.2 Å². The molecule has 3 N–H and O–H groups in total. The number of hydrogen-bond acceptors (Lipinski definition) is 4. The summed E-state index contributed by atoms with van der Waals surface area (Å²) < 4.78 is 28.0. The van der Waals surface area contributed by atoms with Gasteiger partial charge < -0.3 is 10.6 Å². The molecular weight excluding hydrogens is 457 g/mol. The summed E-state index contributed by atoms with van der Waals surface area (Å²) in [7, 11) is -3.71. The molecule has 1 aliphatic heterocycles. The van der Waals surface area contributed by atoms with Crippen LogP contribution in [0, 0.1) is 5.92 Å². The zero-order valence-corrected chi connectivity index (χ0v) is 19.2. The minimum Gasteiger partial charge on any atom is -0.355 e. The molecular formula is C22H25Cl2N3O3S. The summed E-state index contributed by atoms with van der Waals surface area (Å²) in [5.41, 5.74) is 1.17. The fraction of sp³-hybridized carbons (Fsp3) is 0.409. The Labute approximate surface area is 192 Å². The second-order valence-corrected chi connectivity index (χ2v) is 11.0. The van der Waals surface area contributed by atoms with E-state index < -0.39 is 10.0 Å². The van der Waals surface area contributed by atoms with E-state index in [2.05, 4.69) is 15.4 Å². The Bertz CT molecular complexity index is 1060. The zero-order chi connectivity index (χ0) is 22.1. The van der Waals surface area contributed by atoms with Crippen LogP contribution in [0.4, 0.5) is 0 Å². The van der Waals surface area contributed by atoms with Gasteiger partial charge in [-0.3, -0.25) is 4.79 Å². The summed E-state index contributed by atoms with van der Waals surface area (Å²) in [6.45, 7) is 1.57. The van der Waals surface area contributed by atoms with Crippen molar-refractivity contribution in [1.29, 1.82) is 0 Å². The van der Waals surface area contributed by atoms with Crippen LogP contribution in [0.3, 0.4) is 0 Å². The lowest BCUT2D eigenvalue weighted by atomic mass is 9.93. The fourth-order valence-corrected chi connectivity index (χ4v) is 5.75. The SMILES string of the molecule is O=C(NCC1(c2ccc(Cl)cc2)CC1)[C@@H]1CNC[C@H](NS(=O)(=O)c2cccc(Cl)c2)C1. The van der Waals surface area contributed by atoms with Gasteiger partial charge in [-0.25, -0.2) is 13.1 Å². The fourth-order valence-electron chi connectivity index (χ4n) is 4.08. The van der Waals surface area contributed by atoms with Crippen LogP contribution in [0.25, 0.3) is 0 Å². The largest absolute Gasteiger partial charge is 0.355 e. The quantitative estimate of drug-likeness (QED) is 0.566. The minimum atomic E-state index is -3.71. The molecule has 1 aliphatic carbocycles. The molecule has 0 radical (unpaired) electrons. The molecule has 1 saturated heterocycles. The second-order valence-electron chi connectivity index (χ2n) is 8.37. The lowest BCUT2D eigenvalue weighted by Gasteiger charge is -2.30. The van der Waals surface area contributed by atoms with Gasteiger partial charge in [0.05, 0.1) is 10.8 Å². The zero-order valence-electron chi connectivity index (χ0n) is 16.9. The molecule has 1 saturated carbocycles. The van der Waals surface area contributed by atoms with Gasteiger partial charge in [0, 0.05) is 41.1 Å². The molecule has 166 valence electrons. The average molecular weight is 482 g/mol. The molecule has 31 heavy (non-hydrogen) atoms. The van der Waals surface area contributed by atoms with E-state index in [9.17, 15) is 13.2 Å². The van der Waals surface area contributed by atoms with Gasteiger partial charge in [-0.05, 0) is 55.2 Å². The molecule has 0 aromatic heterocycles. The Morgan fingerprint density at radius 3 is 2.48 bits per heavy atom. The molecule has 0 unspecified atom stereocenters. The summed E-state index contributed by atoms with van der Waals surface area (Å²) in [5, 5.41) is 7.31. The van der Waals surface area contributed by atoms with E-state index in [4.69, 9.17) is 23.2 Å². The molecule has 2 aliphatic rings. The monoisotopic (exact) mass is 481 g/mol. The third-order valence-electron chi connectivity index (χ3n) is 6.06. The second kappa shape index (κ2) is 9.08. The van der Waals surface area contributed by atoms with Gasteiger partial charge in [-0.2, -0.15) is 0 Å². The molecule has 0 spiro atoms. The maximum atomic E-state index is 12.8. The summed E-state index contributed by atoms with van der Waals surface area (Å²) in [5.74, 6) is -0.360. The number of carbonyl (C=O) groups is 1. The highest BCUT2D eigenvalue weighted by molar-refractivity contribution is 7.89. The van der Waals surface area contributed by atoms with Crippen molar-refractivity contribution in [2.24, 2.45) is 5.92 Å². The van der Waals surface area contributed by atoms with Gasteiger partial charge >= 0.3 is 0 Å². The first-order valence-corrected chi connectivity index (χ1v) is 12.5.